The second-order valence-corrected chi connectivity index (χ2v) is 5.63. The summed E-state index contributed by atoms with van der Waals surface area (Å²) in [7, 11) is 0. The van der Waals surface area contributed by atoms with Crippen molar-refractivity contribution in [2.45, 2.75) is 32.6 Å². The number of hydrogen-bond donors (Lipinski definition) is 2. The molecule has 0 heterocycles. The standard InChI is InChI=1S/C18H19NO2/c1-12-9-10-17(15(11-12)18(20)21)19-16-8-4-6-13-5-2-3-7-14(13)16/h4,6,8-11,19H,2-3,5,7H2,1H3,(H,20,21). The highest BCUT2D eigenvalue weighted by molar-refractivity contribution is 5.95. The first kappa shape index (κ1) is 13.7. The van der Waals surface area contributed by atoms with E-state index in [4.69, 9.17) is 0 Å². The van der Waals surface area contributed by atoms with Crippen LogP contribution >= 0.6 is 0 Å². The predicted molar refractivity (Wildman–Crippen MR) is 84.5 cm³/mol. The van der Waals surface area contributed by atoms with E-state index in [0.717, 1.165) is 24.1 Å². The Morgan fingerprint density at radius 1 is 1.10 bits per heavy atom. The molecule has 0 saturated carbocycles. The summed E-state index contributed by atoms with van der Waals surface area (Å²) < 4.78 is 0. The number of aryl methyl sites for hydroxylation is 2. The molecule has 3 rings (SSSR count). The molecule has 0 atom stereocenters. The Hall–Kier alpha value is -2.29. The number of nitrogens with one attached hydrogen (secondary N) is 1. The van der Waals surface area contributed by atoms with Crippen LogP contribution < -0.4 is 5.32 Å². The van der Waals surface area contributed by atoms with Crippen LogP contribution in [0.15, 0.2) is 36.4 Å². The Kier molecular flexibility index (Phi) is 3.65. The smallest absolute Gasteiger partial charge is 0.337 e. The molecule has 1 aliphatic carbocycles. The van der Waals surface area contributed by atoms with Crippen LogP contribution in [0, 0.1) is 6.92 Å². The first-order chi connectivity index (χ1) is 10.1. The number of hydrogen-bond acceptors (Lipinski definition) is 2. The van der Waals surface area contributed by atoms with E-state index in [1.165, 1.54) is 24.0 Å². The molecule has 21 heavy (non-hydrogen) atoms. The summed E-state index contributed by atoms with van der Waals surface area (Å²) in [6, 6.07) is 11.7. The van der Waals surface area contributed by atoms with Gasteiger partial charge in [0.1, 0.15) is 0 Å². The molecule has 0 radical (unpaired) electrons. The van der Waals surface area contributed by atoms with Gasteiger partial charge in [-0.15, -0.1) is 0 Å². The average Bonchev–Trinajstić information content (AvgIpc) is 2.49. The lowest BCUT2D eigenvalue weighted by atomic mass is 9.90. The molecule has 2 aromatic rings. The first-order valence-electron chi connectivity index (χ1n) is 7.37. The van der Waals surface area contributed by atoms with Gasteiger partial charge < -0.3 is 10.4 Å². The van der Waals surface area contributed by atoms with Gasteiger partial charge in [0.05, 0.1) is 11.3 Å². The number of fused-ring (bicyclic) bond motifs is 1. The molecule has 0 fully saturated rings. The lowest BCUT2D eigenvalue weighted by Crippen LogP contribution is -2.08. The van der Waals surface area contributed by atoms with Gasteiger partial charge in [-0.25, -0.2) is 4.79 Å². The topological polar surface area (TPSA) is 49.3 Å². The van der Waals surface area contributed by atoms with Gasteiger partial charge in [-0.1, -0.05) is 23.8 Å². The van der Waals surface area contributed by atoms with Gasteiger partial charge in [-0.05, 0) is 61.9 Å². The Morgan fingerprint density at radius 2 is 1.90 bits per heavy atom. The number of carboxylic acids is 1. The van der Waals surface area contributed by atoms with E-state index in [1.54, 1.807) is 6.07 Å². The highest BCUT2D eigenvalue weighted by Gasteiger charge is 2.15. The minimum absolute atomic E-state index is 0.323. The lowest BCUT2D eigenvalue weighted by molar-refractivity contribution is 0.0698. The summed E-state index contributed by atoms with van der Waals surface area (Å²) >= 11 is 0. The molecule has 108 valence electrons. The monoisotopic (exact) mass is 281 g/mol. The zero-order valence-electron chi connectivity index (χ0n) is 12.1. The maximum Gasteiger partial charge on any atom is 0.337 e. The Bertz CT molecular complexity index is 692. The number of aromatic carboxylic acids is 1. The van der Waals surface area contributed by atoms with Crippen molar-refractivity contribution in [1.82, 2.24) is 0 Å². The molecule has 1 aliphatic rings. The van der Waals surface area contributed by atoms with E-state index >= 15 is 0 Å². The third kappa shape index (κ3) is 2.77. The van der Waals surface area contributed by atoms with Crippen molar-refractivity contribution in [2.24, 2.45) is 0 Å². The molecule has 0 aromatic heterocycles. The zero-order chi connectivity index (χ0) is 14.8. The van der Waals surface area contributed by atoms with Crippen molar-refractivity contribution < 1.29 is 9.90 Å². The Balaban J connectivity index is 2.00. The van der Waals surface area contributed by atoms with Crippen LogP contribution in [0.25, 0.3) is 0 Å². The van der Waals surface area contributed by atoms with Crippen LogP contribution in [0.4, 0.5) is 11.4 Å². The maximum absolute atomic E-state index is 11.4. The van der Waals surface area contributed by atoms with Gasteiger partial charge in [-0.2, -0.15) is 0 Å². The summed E-state index contributed by atoms with van der Waals surface area (Å²) in [5.41, 5.74) is 5.69. The fourth-order valence-electron chi connectivity index (χ4n) is 2.99. The zero-order valence-corrected chi connectivity index (χ0v) is 12.1. The minimum Gasteiger partial charge on any atom is -0.478 e. The number of carboxylic acid groups (broad SMARTS) is 1. The summed E-state index contributed by atoms with van der Waals surface area (Å²) in [4.78, 5) is 11.4. The summed E-state index contributed by atoms with van der Waals surface area (Å²) in [6.45, 7) is 1.90. The van der Waals surface area contributed by atoms with Gasteiger partial charge in [-0.3, -0.25) is 0 Å². The fourth-order valence-corrected chi connectivity index (χ4v) is 2.99. The molecule has 3 nitrogen and oxygen atoms in total. The van der Waals surface area contributed by atoms with E-state index in [9.17, 15) is 9.90 Å². The fraction of sp³-hybridized carbons (Fsp3) is 0.278. The van der Waals surface area contributed by atoms with E-state index in [2.05, 4.69) is 11.4 Å². The van der Waals surface area contributed by atoms with Gasteiger partial charge in [0.15, 0.2) is 0 Å². The molecule has 2 N–H and O–H groups in total. The molecular weight excluding hydrogens is 262 g/mol. The van der Waals surface area contributed by atoms with Crippen molar-refractivity contribution >= 4 is 17.3 Å². The second-order valence-electron chi connectivity index (χ2n) is 5.63. The highest BCUT2D eigenvalue weighted by Crippen LogP contribution is 2.31. The van der Waals surface area contributed by atoms with Crippen LogP contribution in [0.3, 0.4) is 0 Å². The van der Waals surface area contributed by atoms with E-state index < -0.39 is 5.97 Å². The maximum atomic E-state index is 11.4. The van der Waals surface area contributed by atoms with Gasteiger partial charge in [0.25, 0.3) is 0 Å². The number of anilines is 2. The third-order valence-electron chi connectivity index (χ3n) is 4.07. The van der Waals surface area contributed by atoms with Crippen molar-refractivity contribution in [2.75, 3.05) is 5.32 Å². The second kappa shape index (κ2) is 5.60. The van der Waals surface area contributed by atoms with E-state index in [0.29, 0.717) is 11.3 Å². The van der Waals surface area contributed by atoms with Gasteiger partial charge in [0.2, 0.25) is 0 Å². The molecule has 0 aliphatic heterocycles. The van der Waals surface area contributed by atoms with Crippen molar-refractivity contribution in [1.29, 1.82) is 0 Å². The van der Waals surface area contributed by atoms with Crippen LogP contribution in [0.1, 0.15) is 39.9 Å². The molecule has 2 aromatic carbocycles. The van der Waals surface area contributed by atoms with Crippen molar-refractivity contribution in [3.63, 3.8) is 0 Å². The third-order valence-corrected chi connectivity index (χ3v) is 4.07. The minimum atomic E-state index is -0.897. The Labute approximate surface area is 124 Å². The van der Waals surface area contributed by atoms with Crippen LogP contribution in [0.2, 0.25) is 0 Å². The molecule has 0 spiro atoms. The number of benzene rings is 2. The molecule has 0 amide bonds. The van der Waals surface area contributed by atoms with Gasteiger partial charge >= 0.3 is 5.97 Å². The molecular formula is C18H19NO2. The molecule has 0 bridgehead atoms. The highest BCUT2D eigenvalue weighted by atomic mass is 16.4. The summed E-state index contributed by atoms with van der Waals surface area (Å²) in [5, 5.41) is 12.7. The quantitative estimate of drug-likeness (QED) is 0.881. The van der Waals surface area contributed by atoms with Crippen molar-refractivity contribution in [3.8, 4) is 0 Å². The average molecular weight is 281 g/mol. The SMILES string of the molecule is Cc1ccc(Nc2cccc3c2CCCC3)c(C(=O)O)c1. The van der Waals surface area contributed by atoms with Crippen LogP contribution in [-0.4, -0.2) is 11.1 Å². The summed E-state index contributed by atoms with van der Waals surface area (Å²) in [5.74, 6) is -0.897. The summed E-state index contributed by atoms with van der Waals surface area (Å²) in [6.07, 6.45) is 4.62. The molecule has 3 heteroatoms. The lowest BCUT2D eigenvalue weighted by Gasteiger charge is -2.20. The van der Waals surface area contributed by atoms with E-state index in [-0.39, 0.29) is 0 Å². The predicted octanol–water partition coefficient (Wildman–Crippen LogP) is 4.32. The van der Waals surface area contributed by atoms with Crippen LogP contribution in [0.5, 0.6) is 0 Å². The largest absolute Gasteiger partial charge is 0.478 e. The first-order valence-corrected chi connectivity index (χ1v) is 7.37. The molecule has 0 unspecified atom stereocenters. The van der Waals surface area contributed by atoms with Gasteiger partial charge in [0, 0.05) is 5.69 Å². The van der Waals surface area contributed by atoms with Crippen LogP contribution in [-0.2, 0) is 12.8 Å². The number of rotatable bonds is 3. The Morgan fingerprint density at radius 3 is 2.71 bits per heavy atom. The number of carbonyl (C=O) groups is 1. The van der Waals surface area contributed by atoms with Crippen molar-refractivity contribution in [3.05, 3.63) is 58.7 Å². The van der Waals surface area contributed by atoms with E-state index in [1.807, 2.05) is 31.2 Å². The normalized spacial score (nSPS) is 13.6. The molecule has 0 saturated heterocycles.